The van der Waals surface area contributed by atoms with Crippen LogP contribution in [-0.2, 0) is 0 Å². The van der Waals surface area contributed by atoms with E-state index in [1.807, 2.05) is 62.5 Å². The minimum Gasteiger partial charge on any atom is -0.455 e. The van der Waals surface area contributed by atoms with Crippen LogP contribution in [0, 0.1) is 27.7 Å². The maximum Gasteiger partial charge on any atom is 0.144 e. The zero-order valence-corrected chi connectivity index (χ0v) is 54.7. The summed E-state index contributed by atoms with van der Waals surface area (Å²) in [4.78, 5) is 4.82. The van der Waals surface area contributed by atoms with E-state index in [1.165, 1.54) is 115 Å². The molecule has 0 saturated heterocycles. The van der Waals surface area contributed by atoms with Crippen molar-refractivity contribution < 1.29 is 4.42 Å². The third-order valence-electron chi connectivity index (χ3n) is 18.4. The highest BCUT2D eigenvalue weighted by molar-refractivity contribution is 6.36. The molecule has 5 nitrogen and oxygen atoms in total. The summed E-state index contributed by atoms with van der Waals surface area (Å²) < 4.78 is 13.4. The molecule has 5 heterocycles. The molecule has 1 unspecified atom stereocenters. The average Bonchev–Trinajstić information content (AvgIpc) is 1.57. The summed E-state index contributed by atoms with van der Waals surface area (Å²) in [5, 5.41) is 12.3. The molecule has 0 fully saturated rings. The van der Waals surface area contributed by atoms with Crippen LogP contribution < -0.4 is 0 Å². The van der Waals surface area contributed by atoms with Gasteiger partial charge >= 0.3 is 0 Å². The third kappa shape index (κ3) is 11.4. The summed E-state index contributed by atoms with van der Waals surface area (Å²) in [5.74, 6) is 0.486. The number of benzene rings is 12. The quantitative estimate of drug-likeness (QED) is 0.160. The molecule has 0 aliphatic carbocycles. The number of para-hydroxylation sites is 3. The Bertz CT molecular complexity index is 5490. The highest BCUT2D eigenvalue weighted by Gasteiger charge is 2.25. The average molecular weight is 1210 g/mol. The summed E-state index contributed by atoms with van der Waals surface area (Å²) in [6.07, 6.45) is 5.23. The van der Waals surface area contributed by atoms with Crippen molar-refractivity contribution in [1.82, 2.24) is 18.5 Å². The Hall–Kier alpha value is -11.0. The van der Waals surface area contributed by atoms with Crippen LogP contribution in [-0.4, -0.2) is 18.5 Å². The van der Waals surface area contributed by atoms with Crippen LogP contribution in [0.15, 0.2) is 290 Å². The lowest BCUT2D eigenvalue weighted by molar-refractivity contribution is 0.673. The Labute approximate surface area is 545 Å². The fourth-order valence-electron chi connectivity index (χ4n) is 13.4. The molecule has 0 spiro atoms. The van der Waals surface area contributed by atoms with Gasteiger partial charge in [-0.3, -0.25) is 0 Å². The standard InChI is InChI=1S/C36H33N.C35H21N3O.C8H10.C7H8.C2H6/c1-6-24(4)28-13-7-9-15-30(28)34-25(5)29-14-8-10-16-31(29)36-35(34)32-17-11-12-18-33(32)37(36)27-21-19-26(20-22-27)23(2)3;1-2-10-25-24(9-1)34-32(33-27-12-4-6-14-30(27)39-35(25)33)26-11-3-5-13-29(26)38(34)23-18-16-22(17-19-23)28-21-37-20-8-7-15-31(37)36-28;1-7-5-3-4-6-8(7)2;1-7-5-3-2-4-6-7;1-2/h7-22,24H,2,6H2,1,3-5H3;1-21H;3-6H,1-2H3;2-6H,1H3;1-2H3. The van der Waals surface area contributed by atoms with Crippen molar-refractivity contribution in [1.29, 1.82) is 0 Å². The van der Waals surface area contributed by atoms with Gasteiger partial charge in [0.05, 0.1) is 27.8 Å². The van der Waals surface area contributed by atoms with Crippen LogP contribution in [0.25, 0.3) is 132 Å². The lowest BCUT2D eigenvalue weighted by Crippen LogP contribution is -1.99. The highest BCUT2D eigenvalue weighted by Crippen LogP contribution is 2.48. The van der Waals surface area contributed by atoms with Crippen LogP contribution >= 0.6 is 0 Å². The first-order valence-corrected chi connectivity index (χ1v) is 32.7. The normalized spacial score (nSPS) is 11.5. The second-order valence-corrected chi connectivity index (χ2v) is 24.1. The molecule has 0 amide bonds. The fraction of sp³-hybridized carbons (Fsp3) is 0.125. The minimum atomic E-state index is 0.486. The van der Waals surface area contributed by atoms with Gasteiger partial charge in [0.25, 0.3) is 0 Å². The summed E-state index contributed by atoms with van der Waals surface area (Å²) in [6, 6.07) is 94.7. The molecule has 0 bridgehead atoms. The van der Waals surface area contributed by atoms with E-state index in [4.69, 9.17) is 9.40 Å². The number of pyridine rings is 1. The zero-order chi connectivity index (χ0) is 64.3. The lowest BCUT2D eigenvalue weighted by Gasteiger charge is -2.20. The Morgan fingerprint density at radius 2 is 0.968 bits per heavy atom. The lowest BCUT2D eigenvalue weighted by atomic mass is 9.84. The molecule has 12 aromatic carbocycles. The number of allylic oxidation sites excluding steroid dienone is 1. The van der Waals surface area contributed by atoms with Gasteiger partial charge in [-0.05, 0) is 146 Å². The SMILES string of the molecule is C=C(C)c1ccc(-n2c3ccccc3c3c(-c4ccccc4C(C)CC)c(C)c4ccccc4c32)cc1.CC.Cc1ccccc1.Cc1ccccc1C.c1ccc2c(c1)oc1c3ccccc3c3c(c4ccccc4n3-c3ccc(-c4cn5ccccc5n4)cc3)c21. The van der Waals surface area contributed by atoms with Gasteiger partial charge in [-0.15, -0.1) is 0 Å². The Morgan fingerprint density at radius 3 is 1.56 bits per heavy atom. The van der Waals surface area contributed by atoms with Gasteiger partial charge in [0.15, 0.2) is 0 Å². The van der Waals surface area contributed by atoms with Gasteiger partial charge in [0, 0.05) is 77.8 Å². The summed E-state index contributed by atoms with van der Waals surface area (Å²) in [6.45, 7) is 23.5. The first kappa shape index (κ1) is 60.9. The van der Waals surface area contributed by atoms with E-state index in [-0.39, 0.29) is 0 Å². The van der Waals surface area contributed by atoms with Gasteiger partial charge in [0.2, 0.25) is 0 Å². The second kappa shape index (κ2) is 26.4. The number of nitrogens with zero attached hydrogens (tertiary/aromatic N) is 4. The number of imidazole rings is 1. The van der Waals surface area contributed by atoms with Crippen LogP contribution in [0.3, 0.4) is 0 Å². The molecule has 456 valence electrons. The van der Waals surface area contributed by atoms with Crippen molar-refractivity contribution in [3.63, 3.8) is 0 Å². The van der Waals surface area contributed by atoms with Crippen molar-refractivity contribution in [2.24, 2.45) is 0 Å². The van der Waals surface area contributed by atoms with Gasteiger partial charge in [-0.2, -0.15) is 0 Å². The van der Waals surface area contributed by atoms with Gasteiger partial charge in [-0.1, -0.05) is 258 Å². The molecule has 0 aliphatic heterocycles. The minimum absolute atomic E-state index is 0.486. The molecule has 17 rings (SSSR count). The van der Waals surface area contributed by atoms with E-state index in [9.17, 15) is 0 Å². The predicted octanol–water partition coefficient (Wildman–Crippen LogP) is 24.9. The van der Waals surface area contributed by atoms with E-state index in [0.29, 0.717) is 5.92 Å². The van der Waals surface area contributed by atoms with Crippen molar-refractivity contribution >= 4 is 98.3 Å². The van der Waals surface area contributed by atoms with Crippen molar-refractivity contribution in [3.8, 4) is 33.8 Å². The van der Waals surface area contributed by atoms with Gasteiger partial charge < -0.3 is 18.0 Å². The number of rotatable bonds is 7. The molecule has 0 radical (unpaired) electrons. The van der Waals surface area contributed by atoms with E-state index >= 15 is 0 Å². The monoisotopic (exact) mass is 1210 g/mol. The molecular formula is C88H78N4O. The first-order chi connectivity index (χ1) is 45.6. The molecule has 5 heteroatoms. The number of fused-ring (bicyclic) bond motifs is 16. The van der Waals surface area contributed by atoms with E-state index in [2.05, 4.69) is 299 Å². The molecule has 0 N–H and O–H groups in total. The van der Waals surface area contributed by atoms with Crippen molar-refractivity contribution in [2.75, 3.05) is 0 Å². The predicted molar refractivity (Wildman–Crippen MR) is 400 cm³/mol. The fourth-order valence-corrected chi connectivity index (χ4v) is 13.4. The molecule has 0 saturated carbocycles. The summed E-state index contributed by atoms with van der Waals surface area (Å²) >= 11 is 0. The largest absolute Gasteiger partial charge is 0.455 e. The Balaban J connectivity index is 0.000000136. The van der Waals surface area contributed by atoms with Crippen LogP contribution in [0.2, 0.25) is 0 Å². The molecular weight excluding hydrogens is 1130 g/mol. The van der Waals surface area contributed by atoms with E-state index in [0.717, 1.165) is 56.5 Å². The number of aromatic nitrogens is 4. The van der Waals surface area contributed by atoms with Gasteiger partial charge in [-0.25, -0.2) is 4.98 Å². The Kier molecular flexibility index (Phi) is 17.3. The molecule has 0 aliphatic rings. The first-order valence-electron chi connectivity index (χ1n) is 32.7. The maximum absolute atomic E-state index is 6.51. The zero-order valence-electron chi connectivity index (χ0n) is 54.7. The van der Waals surface area contributed by atoms with Crippen LogP contribution in [0.1, 0.15) is 80.3 Å². The molecule has 93 heavy (non-hydrogen) atoms. The second-order valence-electron chi connectivity index (χ2n) is 24.1. The molecule has 5 aromatic heterocycles. The van der Waals surface area contributed by atoms with Gasteiger partial charge in [0.1, 0.15) is 16.8 Å². The topological polar surface area (TPSA) is 40.3 Å². The number of aryl methyl sites for hydroxylation is 4. The van der Waals surface area contributed by atoms with Crippen LogP contribution in [0.5, 0.6) is 0 Å². The number of furan rings is 1. The van der Waals surface area contributed by atoms with E-state index < -0.39 is 0 Å². The summed E-state index contributed by atoms with van der Waals surface area (Å²) in [7, 11) is 0. The van der Waals surface area contributed by atoms with Crippen molar-refractivity contribution in [2.45, 2.75) is 74.7 Å². The van der Waals surface area contributed by atoms with Crippen LogP contribution in [0.4, 0.5) is 0 Å². The highest BCUT2D eigenvalue weighted by atomic mass is 16.3. The number of hydrogen-bond donors (Lipinski definition) is 0. The van der Waals surface area contributed by atoms with E-state index in [1.54, 1.807) is 0 Å². The Morgan fingerprint density at radius 1 is 0.473 bits per heavy atom. The number of hydrogen-bond acceptors (Lipinski definition) is 2. The molecule has 1 atom stereocenters. The van der Waals surface area contributed by atoms with Crippen molar-refractivity contribution in [3.05, 3.63) is 319 Å². The smallest absolute Gasteiger partial charge is 0.144 e. The maximum atomic E-state index is 6.51. The third-order valence-corrected chi connectivity index (χ3v) is 18.4. The molecule has 17 aromatic rings. The summed E-state index contributed by atoms with van der Waals surface area (Å²) in [5.41, 5.74) is 23.8.